The number of rotatable bonds is 7. The normalized spacial score (nSPS) is 13.4. The van der Waals surface area contributed by atoms with Gasteiger partial charge in [-0.25, -0.2) is 9.97 Å². The van der Waals surface area contributed by atoms with Gasteiger partial charge in [0.1, 0.15) is 17.2 Å². The highest BCUT2D eigenvalue weighted by molar-refractivity contribution is 7.20. The standard InChI is InChI=1S/C27H28N6O5S/c1-17-23-26(39-24(17)25(35)30-18-7-8-19(37-2)20(14-18)38-3)29-16-33(27(23)36)15-22(34)32-12-10-31(11-13-32)21-6-4-5-9-28-21/h4-9,14,16H,10-13,15H2,1-3H3,(H,30,35). The summed E-state index contributed by atoms with van der Waals surface area (Å²) in [5.41, 5.74) is 0.698. The maximum absolute atomic E-state index is 13.3. The lowest BCUT2D eigenvalue weighted by atomic mass is 10.2. The van der Waals surface area contributed by atoms with Gasteiger partial charge in [0.2, 0.25) is 5.91 Å². The predicted octanol–water partition coefficient (Wildman–Crippen LogP) is 2.78. The maximum atomic E-state index is 13.3. The fourth-order valence-electron chi connectivity index (χ4n) is 4.56. The molecule has 1 saturated heterocycles. The van der Waals surface area contributed by atoms with Gasteiger partial charge in [0.25, 0.3) is 11.5 Å². The number of hydrogen-bond donors (Lipinski definition) is 1. The second-order valence-corrected chi connectivity index (χ2v) is 9.99. The topological polar surface area (TPSA) is 119 Å². The molecule has 4 heterocycles. The molecule has 1 fully saturated rings. The molecule has 12 heteroatoms. The van der Waals surface area contributed by atoms with Crippen molar-refractivity contribution in [1.29, 1.82) is 0 Å². The molecule has 5 rings (SSSR count). The van der Waals surface area contributed by atoms with Crippen molar-refractivity contribution in [3.8, 4) is 11.5 Å². The highest BCUT2D eigenvalue weighted by Crippen LogP contribution is 2.31. The first kappa shape index (κ1) is 26.2. The Hall–Kier alpha value is -4.45. The third kappa shape index (κ3) is 5.28. The van der Waals surface area contributed by atoms with E-state index in [0.29, 0.717) is 64.0 Å². The number of pyridine rings is 1. The Labute approximate surface area is 228 Å². The first-order chi connectivity index (χ1) is 18.9. The van der Waals surface area contributed by atoms with E-state index < -0.39 is 0 Å². The minimum atomic E-state index is -0.365. The zero-order valence-corrected chi connectivity index (χ0v) is 22.7. The van der Waals surface area contributed by atoms with Crippen LogP contribution in [-0.2, 0) is 11.3 Å². The Morgan fingerprint density at radius 3 is 2.49 bits per heavy atom. The molecule has 0 bridgehead atoms. The van der Waals surface area contributed by atoms with E-state index in [1.807, 2.05) is 18.2 Å². The Morgan fingerprint density at radius 1 is 1.03 bits per heavy atom. The molecule has 3 aromatic heterocycles. The monoisotopic (exact) mass is 548 g/mol. The molecule has 0 saturated carbocycles. The number of anilines is 2. The van der Waals surface area contributed by atoms with Crippen molar-refractivity contribution in [2.24, 2.45) is 0 Å². The second kappa shape index (κ2) is 11.1. The van der Waals surface area contributed by atoms with Crippen molar-refractivity contribution in [2.75, 3.05) is 50.6 Å². The Kier molecular flexibility index (Phi) is 7.46. The number of fused-ring (bicyclic) bond motifs is 1. The van der Waals surface area contributed by atoms with Crippen LogP contribution in [0.5, 0.6) is 11.5 Å². The van der Waals surface area contributed by atoms with E-state index in [9.17, 15) is 14.4 Å². The molecule has 1 N–H and O–H groups in total. The summed E-state index contributed by atoms with van der Waals surface area (Å²) >= 11 is 1.14. The number of aryl methyl sites for hydroxylation is 1. The maximum Gasteiger partial charge on any atom is 0.266 e. The number of nitrogens with one attached hydrogen (secondary N) is 1. The van der Waals surface area contributed by atoms with Crippen LogP contribution in [0.15, 0.2) is 53.7 Å². The van der Waals surface area contributed by atoms with E-state index >= 15 is 0 Å². The number of piperazine rings is 1. The van der Waals surface area contributed by atoms with Crippen molar-refractivity contribution in [1.82, 2.24) is 19.4 Å². The number of methoxy groups -OCH3 is 2. The number of ether oxygens (including phenoxy) is 2. The Morgan fingerprint density at radius 2 is 1.79 bits per heavy atom. The van der Waals surface area contributed by atoms with E-state index in [0.717, 1.165) is 17.2 Å². The van der Waals surface area contributed by atoms with Crippen LogP contribution in [0.4, 0.5) is 11.5 Å². The molecular formula is C27H28N6O5S. The molecule has 2 amide bonds. The van der Waals surface area contributed by atoms with Crippen LogP contribution >= 0.6 is 11.3 Å². The Bertz CT molecular complexity index is 1580. The van der Waals surface area contributed by atoms with Crippen LogP contribution in [0.1, 0.15) is 15.2 Å². The largest absolute Gasteiger partial charge is 0.493 e. The van der Waals surface area contributed by atoms with Crippen molar-refractivity contribution >= 4 is 44.9 Å². The number of amides is 2. The average Bonchev–Trinajstić information content (AvgIpc) is 3.31. The number of carbonyl (C=O) groups is 2. The van der Waals surface area contributed by atoms with Gasteiger partial charge in [-0.1, -0.05) is 6.07 Å². The molecular weight excluding hydrogens is 520 g/mol. The minimum Gasteiger partial charge on any atom is -0.493 e. The molecule has 0 unspecified atom stereocenters. The molecule has 0 radical (unpaired) electrons. The first-order valence-corrected chi connectivity index (χ1v) is 13.2. The summed E-state index contributed by atoms with van der Waals surface area (Å²) in [6.07, 6.45) is 3.12. The highest BCUT2D eigenvalue weighted by Gasteiger charge is 2.24. The van der Waals surface area contributed by atoms with Crippen molar-refractivity contribution in [3.63, 3.8) is 0 Å². The average molecular weight is 549 g/mol. The number of carbonyl (C=O) groups excluding carboxylic acids is 2. The van der Waals surface area contributed by atoms with Crippen LogP contribution in [0, 0.1) is 6.92 Å². The van der Waals surface area contributed by atoms with E-state index in [-0.39, 0.29) is 23.9 Å². The summed E-state index contributed by atoms with van der Waals surface area (Å²) in [6.45, 7) is 4.01. The van der Waals surface area contributed by atoms with Gasteiger partial charge in [-0.15, -0.1) is 11.3 Å². The minimum absolute atomic E-state index is 0.117. The lowest BCUT2D eigenvalue weighted by Crippen LogP contribution is -2.50. The van der Waals surface area contributed by atoms with Crippen molar-refractivity contribution in [2.45, 2.75) is 13.5 Å². The fraction of sp³-hybridized carbons (Fsp3) is 0.296. The van der Waals surface area contributed by atoms with Crippen LogP contribution in [0.25, 0.3) is 10.2 Å². The van der Waals surface area contributed by atoms with E-state index in [1.165, 1.54) is 25.1 Å². The van der Waals surface area contributed by atoms with E-state index in [4.69, 9.17) is 9.47 Å². The summed E-state index contributed by atoms with van der Waals surface area (Å²) in [5.74, 6) is 1.39. The summed E-state index contributed by atoms with van der Waals surface area (Å²) in [4.78, 5) is 52.9. The molecule has 0 atom stereocenters. The molecule has 1 aliphatic rings. The molecule has 0 aliphatic carbocycles. The van der Waals surface area contributed by atoms with Crippen molar-refractivity contribution in [3.05, 3.63) is 69.7 Å². The molecule has 1 aromatic carbocycles. The van der Waals surface area contributed by atoms with Gasteiger partial charge < -0.3 is 24.6 Å². The quantitative estimate of drug-likeness (QED) is 0.375. The lowest BCUT2D eigenvalue weighted by molar-refractivity contribution is -0.132. The van der Waals surface area contributed by atoms with E-state index in [2.05, 4.69) is 20.2 Å². The third-order valence-electron chi connectivity index (χ3n) is 6.68. The summed E-state index contributed by atoms with van der Waals surface area (Å²) in [7, 11) is 3.05. The van der Waals surface area contributed by atoms with Crippen molar-refractivity contribution < 1.29 is 19.1 Å². The van der Waals surface area contributed by atoms with Crippen LogP contribution in [0.2, 0.25) is 0 Å². The van der Waals surface area contributed by atoms with Gasteiger partial charge >= 0.3 is 0 Å². The molecule has 11 nitrogen and oxygen atoms in total. The summed E-state index contributed by atoms with van der Waals surface area (Å²) < 4.78 is 11.9. The molecule has 4 aromatic rings. The Balaban J connectivity index is 1.30. The van der Waals surface area contributed by atoms with Gasteiger partial charge in [-0.3, -0.25) is 19.0 Å². The second-order valence-electron chi connectivity index (χ2n) is 8.99. The summed E-state index contributed by atoms with van der Waals surface area (Å²) in [6, 6.07) is 10.8. The highest BCUT2D eigenvalue weighted by atomic mass is 32.1. The molecule has 202 valence electrons. The van der Waals surface area contributed by atoms with Crippen LogP contribution < -0.4 is 25.2 Å². The lowest BCUT2D eigenvalue weighted by Gasteiger charge is -2.35. The van der Waals surface area contributed by atoms with Crippen LogP contribution in [0.3, 0.4) is 0 Å². The first-order valence-electron chi connectivity index (χ1n) is 12.3. The third-order valence-corrected chi connectivity index (χ3v) is 7.87. The number of hydrogen-bond acceptors (Lipinski definition) is 9. The van der Waals surface area contributed by atoms with E-state index in [1.54, 1.807) is 36.2 Å². The number of nitrogens with zero attached hydrogens (tertiary/aromatic N) is 5. The molecule has 0 spiro atoms. The number of benzene rings is 1. The van der Waals surface area contributed by atoms with Gasteiger partial charge in [0, 0.05) is 44.1 Å². The fourth-order valence-corrected chi connectivity index (χ4v) is 5.60. The van der Waals surface area contributed by atoms with Gasteiger partial charge in [0.05, 0.1) is 30.8 Å². The van der Waals surface area contributed by atoms with Gasteiger partial charge in [-0.05, 0) is 36.8 Å². The van der Waals surface area contributed by atoms with Gasteiger partial charge in [0.15, 0.2) is 11.5 Å². The number of thiophene rings is 1. The smallest absolute Gasteiger partial charge is 0.266 e. The number of aromatic nitrogens is 3. The summed E-state index contributed by atoms with van der Waals surface area (Å²) in [5, 5.41) is 3.18. The molecule has 1 aliphatic heterocycles. The van der Waals surface area contributed by atoms with Crippen LogP contribution in [-0.4, -0.2) is 71.6 Å². The zero-order valence-electron chi connectivity index (χ0n) is 21.8. The predicted molar refractivity (Wildman–Crippen MR) is 149 cm³/mol. The SMILES string of the molecule is COc1ccc(NC(=O)c2sc3ncn(CC(=O)N4CCN(c5ccccn5)CC4)c(=O)c3c2C)cc1OC. The molecule has 39 heavy (non-hydrogen) atoms. The zero-order chi connectivity index (χ0) is 27.5. The van der Waals surface area contributed by atoms with Gasteiger partial charge in [-0.2, -0.15) is 0 Å².